The summed E-state index contributed by atoms with van der Waals surface area (Å²) in [6.45, 7) is 1.75. The Morgan fingerprint density at radius 1 is 1.40 bits per heavy atom. The summed E-state index contributed by atoms with van der Waals surface area (Å²) in [7, 11) is 0. The molecule has 1 heterocycles. The predicted octanol–water partition coefficient (Wildman–Crippen LogP) is 1.86. The normalized spacial score (nSPS) is 16.5. The molecule has 20 heavy (non-hydrogen) atoms. The number of nitrogens with two attached hydrogens (primary N) is 1. The molecular weight excluding hydrogens is 256 g/mol. The van der Waals surface area contributed by atoms with Crippen molar-refractivity contribution < 1.29 is 9.32 Å². The molecule has 1 aromatic carbocycles. The number of rotatable bonds is 3. The molecule has 0 atom stereocenters. The van der Waals surface area contributed by atoms with E-state index in [9.17, 15) is 4.79 Å². The summed E-state index contributed by atoms with van der Waals surface area (Å²) in [5.41, 5.74) is 6.62. The topological polar surface area (TPSA) is 94.0 Å². The van der Waals surface area contributed by atoms with E-state index in [1.165, 1.54) is 0 Å². The van der Waals surface area contributed by atoms with Crippen LogP contribution >= 0.6 is 0 Å². The molecule has 2 aromatic rings. The van der Waals surface area contributed by atoms with E-state index in [0.717, 1.165) is 19.3 Å². The molecule has 1 aromatic heterocycles. The van der Waals surface area contributed by atoms with Crippen molar-refractivity contribution in [1.82, 2.24) is 10.1 Å². The highest BCUT2D eigenvalue weighted by atomic mass is 16.5. The van der Waals surface area contributed by atoms with Crippen LogP contribution in [-0.4, -0.2) is 21.6 Å². The van der Waals surface area contributed by atoms with Crippen LogP contribution in [0.15, 0.2) is 28.8 Å². The zero-order valence-corrected chi connectivity index (χ0v) is 11.2. The fraction of sp³-hybridized carbons (Fsp3) is 0.357. The van der Waals surface area contributed by atoms with Crippen LogP contribution in [0, 0.1) is 6.92 Å². The number of carbonyl (C=O) groups is 1. The van der Waals surface area contributed by atoms with Gasteiger partial charge in [0, 0.05) is 0 Å². The minimum atomic E-state index is -0.738. The third-order valence-corrected chi connectivity index (χ3v) is 3.63. The molecule has 1 fully saturated rings. The highest BCUT2D eigenvalue weighted by Crippen LogP contribution is 2.32. The van der Waals surface area contributed by atoms with Gasteiger partial charge < -0.3 is 15.6 Å². The van der Waals surface area contributed by atoms with Gasteiger partial charge in [-0.25, -0.2) is 0 Å². The summed E-state index contributed by atoms with van der Waals surface area (Å²) >= 11 is 0. The van der Waals surface area contributed by atoms with E-state index in [2.05, 4.69) is 15.5 Å². The van der Waals surface area contributed by atoms with Crippen molar-refractivity contribution in [3.8, 4) is 11.5 Å². The second-order valence-electron chi connectivity index (χ2n) is 5.16. The summed E-state index contributed by atoms with van der Waals surface area (Å²) in [5.74, 6) is 0.779. The first-order valence-corrected chi connectivity index (χ1v) is 6.58. The number of nitrogens with zero attached hydrogens (tertiary/aromatic N) is 2. The van der Waals surface area contributed by atoms with Gasteiger partial charge in [-0.2, -0.15) is 4.98 Å². The van der Waals surface area contributed by atoms with E-state index in [1.807, 2.05) is 18.2 Å². The van der Waals surface area contributed by atoms with Crippen LogP contribution in [0.1, 0.15) is 25.1 Å². The highest BCUT2D eigenvalue weighted by molar-refractivity contribution is 6.01. The number of nitrogens with one attached hydrogen (secondary N) is 1. The molecule has 1 aliphatic carbocycles. The fourth-order valence-electron chi connectivity index (χ4n) is 2.22. The molecule has 0 saturated heterocycles. The lowest BCUT2D eigenvalue weighted by molar-refractivity contribution is -0.123. The molecule has 0 radical (unpaired) electrons. The molecule has 6 nitrogen and oxygen atoms in total. The largest absolute Gasteiger partial charge is 0.334 e. The van der Waals surface area contributed by atoms with Gasteiger partial charge >= 0.3 is 0 Å². The van der Waals surface area contributed by atoms with Gasteiger partial charge in [0.1, 0.15) is 0 Å². The van der Waals surface area contributed by atoms with Crippen LogP contribution in [0.25, 0.3) is 11.5 Å². The lowest BCUT2D eigenvalue weighted by atomic mass is 9.77. The lowest BCUT2D eigenvalue weighted by Gasteiger charge is -2.36. The third-order valence-electron chi connectivity index (χ3n) is 3.63. The van der Waals surface area contributed by atoms with E-state index in [1.54, 1.807) is 13.0 Å². The standard InChI is InChI=1S/C14H16N4O2/c1-9-16-12(20-18-9)10-5-2-3-6-11(10)17-13(19)14(15)7-4-8-14/h2-3,5-6H,4,7-8,15H2,1H3,(H,17,19). The number of aromatic nitrogens is 2. The van der Waals surface area contributed by atoms with Crippen molar-refractivity contribution in [1.29, 1.82) is 0 Å². The Hall–Kier alpha value is -2.21. The SMILES string of the molecule is Cc1noc(-c2ccccc2NC(=O)C2(N)CCC2)n1. The molecule has 0 bridgehead atoms. The number of anilines is 1. The molecule has 6 heteroatoms. The number of hydrogen-bond donors (Lipinski definition) is 2. The number of carbonyl (C=O) groups excluding carboxylic acids is 1. The van der Waals surface area contributed by atoms with Crippen molar-refractivity contribution in [2.75, 3.05) is 5.32 Å². The second-order valence-corrected chi connectivity index (χ2v) is 5.16. The summed E-state index contributed by atoms with van der Waals surface area (Å²) in [6, 6.07) is 7.32. The second kappa shape index (κ2) is 4.72. The van der Waals surface area contributed by atoms with Crippen molar-refractivity contribution >= 4 is 11.6 Å². The number of aryl methyl sites for hydroxylation is 1. The average Bonchev–Trinajstić information content (AvgIpc) is 2.83. The molecule has 1 amide bonds. The van der Waals surface area contributed by atoms with Gasteiger partial charge in [-0.15, -0.1) is 0 Å². The smallest absolute Gasteiger partial charge is 0.260 e. The molecule has 0 aliphatic heterocycles. The third kappa shape index (κ3) is 2.18. The Morgan fingerprint density at radius 2 is 2.15 bits per heavy atom. The molecule has 104 valence electrons. The Labute approximate surface area is 116 Å². The minimum absolute atomic E-state index is 0.160. The van der Waals surface area contributed by atoms with Crippen molar-refractivity contribution in [3.05, 3.63) is 30.1 Å². The zero-order valence-electron chi connectivity index (χ0n) is 11.2. The van der Waals surface area contributed by atoms with Gasteiger partial charge in [-0.3, -0.25) is 4.79 Å². The number of amides is 1. The van der Waals surface area contributed by atoms with Crippen LogP contribution in [0.4, 0.5) is 5.69 Å². The van der Waals surface area contributed by atoms with Gasteiger partial charge in [0.05, 0.1) is 16.8 Å². The first-order valence-electron chi connectivity index (χ1n) is 6.58. The van der Waals surface area contributed by atoms with Crippen molar-refractivity contribution in [2.45, 2.75) is 31.7 Å². The van der Waals surface area contributed by atoms with Crippen LogP contribution < -0.4 is 11.1 Å². The fourth-order valence-corrected chi connectivity index (χ4v) is 2.22. The number of hydrogen-bond acceptors (Lipinski definition) is 5. The minimum Gasteiger partial charge on any atom is -0.334 e. The molecular formula is C14H16N4O2. The lowest BCUT2D eigenvalue weighted by Crippen LogP contribution is -2.56. The number of benzene rings is 1. The van der Waals surface area contributed by atoms with Gasteiger partial charge in [0.15, 0.2) is 5.82 Å². The van der Waals surface area contributed by atoms with Crippen LogP contribution in [0.3, 0.4) is 0 Å². The van der Waals surface area contributed by atoms with E-state index in [0.29, 0.717) is 23.0 Å². The van der Waals surface area contributed by atoms with E-state index >= 15 is 0 Å². The van der Waals surface area contributed by atoms with Crippen molar-refractivity contribution in [2.24, 2.45) is 5.73 Å². The Balaban J connectivity index is 1.88. The monoisotopic (exact) mass is 272 g/mol. The van der Waals surface area contributed by atoms with Gasteiger partial charge in [0.2, 0.25) is 5.91 Å². The molecule has 3 rings (SSSR count). The molecule has 1 aliphatic rings. The first kappa shape index (κ1) is 12.8. The Bertz CT molecular complexity index is 646. The molecule has 1 saturated carbocycles. The number of para-hydroxylation sites is 1. The predicted molar refractivity (Wildman–Crippen MR) is 73.9 cm³/mol. The van der Waals surface area contributed by atoms with E-state index in [-0.39, 0.29) is 5.91 Å². The Morgan fingerprint density at radius 3 is 2.75 bits per heavy atom. The maximum Gasteiger partial charge on any atom is 0.260 e. The van der Waals surface area contributed by atoms with Crippen LogP contribution in [-0.2, 0) is 4.79 Å². The van der Waals surface area contributed by atoms with Crippen LogP contribution in [0.5, 0.6) is 0 Å². The zero-order chi connectivity index (χ0) is 14.2. The maximum absolute atomic E-state index is 12.2. The summed E-state index contributed by atoms with van der Waals surface area (Å²) < 4.78 is 5.15. The Kier molecular flexibility index (Phi) is 3.02. The van der Waals surface area contributed by atoms with Crippen molar-refractivity contribution in [3.63, 3.8) is 0 Å². The molecule has 3 N–H and O–H groups in total. The van der Waals surface area contributed by atoms with E-state index in [4.69, 9.17) is 10.3 Å². The quantitative estimate of drug-likeness (QED) is 0.889. The summed E-state index contributed by atoms with van der Waals surface area (Å²) in [4.78, 5) is 16.4. The van der Waals surface area contributed by atoms with Gasteiger partial charge in [-0.05, 0) is 38.3 Å². The summed E-state index contributed by atoms with van der Waals surface area (Å²) in [5, 5.41) is 6.63. The van der Waals surface area contributed by atoms with E-state index < -0.39 is 5.54 Å². The van der Waals surface area contributed by atoms with Gasteiger partial charge in [0.25, 0.3) is 5.89 Å². The maximum atomic E-state index is 12.2. The van der Waals surface area contributed by atoms with Crippen LogP contribution in [0.2, 0.25) is 0 Å². The molecule has 0 unspecified atom stereocenters. The summed E-state index contributed by atoms with van der Waals surface area (Å²) in [6.07, 6.45) is 2.44. The average molecular weight is 272 g/mol. The van der Waals surface area contributed by atoms with Gasteiger partial charge in [-0.1, -0.05) is 17.3 Å². The highest BCUT2D eigenvalue weighted by Gasteiger charge is 2.40. The molecule has 0 spiro atoms. The first-order chi connectivity index (χ1) is 9.58.